The Hall–Kier alpha value is -2.64. The van der Waals surface area contributed by atoms with Crippen molar-refractivity contribution >= 4 is 23.5 Å². The van der Waals surface area contributed by atoms with Crippen LogP contribution in [0, 0.1) is 0 Å². The molecule has 1 aromatic heterocycles. The van der Waals surface area contributed by atoms with E-state index in [1.54, 1.807) is 31.1 Å². The second-order valence-electron chi connectivity index (χ2n) is 5.65. The molecule has 8 heteroatoms. The number of nitrogen functional groups attached to an aromatic ring is 1. The lowest BCUT2D eigenvalue weighted by Crippen LogP contribution is -2.61. The monoisotopic (exact) mass is 319 g/mol. The SMILES string of the molecule is CC(=O)N1CCN(C(=O)c2cccnc2N)[C@H](C(=O)N(C)C)C1. The van der Waals surface area contributed by atoms with Crippen molar-refractivity contribution in [1.29, 1.82) is 0 Å². The standard InChI is InChI=1S/C15H21N5O3/c1-10(21)19-7-8-20(12(9-19)15(23)18(2)3)14(22)11-5-4-6-17-13(11)16/h4-6,12H,7-9H2,1-3H3,(H2,16,17)/t12-/m0/s1. The first-order valence-electron chi connectivity index (χ1n) is 7.31. The van der Waals surface area contributed by atoms with Gasteiger partial charge in [0.05, 0.1) is 12.1 Å². The number of nitrogens with zero attached hydrogens (tertiary/aromatic N) is 4. The van der Waals surface area contributed by atoms with Crippen LogP contribution in [0.3, 0.4) is 0 Å². The number of aromatic nitrogens is 1. The van der Waals surface area contributed by atoms with Gasteiger partial charge in [-0.3, -0.25) is 14.4 Å². The number of carbonyl (C=O) groups excluding carboxylic acids is 3. The third kappa shape index (κ3) is 3.41. The Kier molecular flexibility index (Phi) is 4.83. The number of hydrogen-bond acceptors (Lipinski definition) is 5. The van der Waals surface area contributed by atoms with Crippen LogP contribution in [0.25, 0.3) is 0 Å². The normalized spacial score (nSPS) is 17.8. The molecule has 0 radical (unpaired) electrons. The lowest BCUT2D eigenvalue weighted by Gasteiger charge is -2.41. The van der Waals surface area contributed by atoms with Crippen molar-refractivity contribution < 1.29 is 14.4 Å². The molecule has 2 rings (SSSR count). The van der Waals surface area contributed by atoms with E-state index in [4.69, 9.17) is 5.73 Å². The highest BCUT2D eigenvalue weighted by atomic mass is 16.2. The van der Waals surface area contributed by atoms with E-state index in [1.165, 1.54) is 22.9 Å². The number of anilines is 1. The van der Waals surface area contributed by atoms with Crippen LogP contribution in [-0.4, -0.2) is 77.2 Å². The highest BCUT2D eigenvalue weighted by Crippen LogP contribution is 2.18. The summed E-state index contributed by atoms with van der Waals surface area (Å²) in [4.78, 5) is 45.2. The predicted octanol–water partition coefficient (Wildman–Crippen LogP) is -0.575. The first kappa shape index (κ1) is 16.7. The molecule has 3 amide bonds. The van der Waals surface area contributed by atoms with E-state index in [-0.39, 0.29) is 42.2 Å². The van der Waals surface area contributed by atoms with E-state index in [0.29, 0.717) is 6.54 Å². The van der Waals surface area contributed by atoms with Crippen LogP contribution in [-0.2, 0) is 9.59 Å². The Labute approximate surface area is 134 Å². The number of carbonyl (C=O) groups is 3. The molecule has 0 aromatic carbocycles. The summed E-state index contributed by atoms with van der Waals surface area (Å²) in [5.74, 6) is -0.567. The van der Waals surface area contributed by atoms with Gasteiger partial charge in [0.25, 0.3) is 5.91 Å². The van der Waals surface area contributed by atoms with Gasteiger partial charge in [-0.2, -0.15) is 0 Å². The molecule has 1 atom stereocenters. The Morgan fingerprint density at radius 3 is 2.57 bits per heavy atom. The Morgan fingerprint density at radius 2 is 2.00 bits per heavy atom. The summed E-state index contributed by atoms with van der Waals surface area (Å²) in [6.07, 6.45) is 1.50. The molecular weight excluding hydrogens is 298 g/mol. The van der Waals surface area contributed by atoms with Gasteiger partial charge in [0.1, 0.15) is 11.9 Å². The minimum Gasteiger partial charge on any atom is -0.383 e. The summed E-state index contributed by atoms with van der Waals surface area (Å²) in [5, 5.41) is 0. The molecule has 0 spiro atoms. The molecule has 1 fully saturated rings. The lowest BCUT2D eigenvalue weighted by molar-refractivity contribution is -0.139. The fourth-order valence-corrected chi connectivity index (χ4v) is 2.57. The molecule has 23 heavy (non-hydrogen) atoms. The van der Waals surface area contributed by atoms with Gasteiger partial charge in [-0.25, -0.2) is 4.98 Å². The van der Waals surface area contributed by atoms with Gasteiger partial charge in [-0.1, -0.05) is 0 Å². The zero-order valence-corrected chi connectivity index (χ0v) is 13.5. The summed E-state index contributed by atoms with van der Waals surface area (Å²) >= 11 is 0. The topological polar surface area (TPSA) is 99.8 Å². The van der Waals surface area contributed by atoms with Crippen molar-refractivity contribution in [2.75, 3.05) is 39.5 Å². The Morgan fingerprint density at radius 1 is 1.30 bits per heavy atom. The van der Waals surface area contributed by atoms with E-state index in [9.17, 15) is 14.4 Å². The third-order valence-corrected chi connectivity index (χ3v) is 3.88. The molecule has 1 aromatic rings. The third-order valence-electron chi connectivity index (χ3n) is 3.88. The van der Waals surface area contributed by atoms with Crippen molar-refractivity contribution in [3.63, 3.8) is 0 Å². The fraction of sp³-hybridized carbons (Fsp3) is 0.467. The average molecular weight is 319 g/mol. The van der Waals surface area contributed by atoms with Crippen LogP contribution in [0.1, 0.15) is 17.3 Å². The van der Waals surface area contributed by atoms with Gasteiger partial charge in [0, 0.05) is 40.3 Å². The Bertz CT molecular complexity index is 631. The molecule has 1 aliphatic heterocycles. The van der Waals surface area contributed by atoms with Crippen molar-refractivity contribution in [1.82, 2.24) is 19.7 Å². The number of pyridine rings is 1. The van der Waals surface area contributed by atoms with Crippen LogP contribution in [0.5, 0.6) is 0 Å². The molecule has 0 aliphatic carbocycles. The lowest BCUT2D eigenvalue weighted by atomic mass is 10.1. The summed E-state index contributed by atoms with van der Waals surface area (Å²) in [6.45, 7) is 2.29. The molecule has 2 N–H and O–H groups in total. The number of likely N-dealkylation sites (N-methyl/N-ethyl adjacent to an activating group) is 1. The maximum absolute atomic E-state index is 12.8. The maximum atomic E-state index is 12.8. The van der Waals surface area contributed by atoms with Crippen LogP contribution >= 0.6 is 0 Å². The van der Waals surface area contributed by atoms with Crippen molar-refractivity contribution in [3.8, 4) is 0 Å². The van der Waals surface area contributed by atoms with E-state index < -0.39 is 6.04 Å². The van der Waals surface area contributed by atoms with E-state index in [0.717, 1.165) is 0 Å². The van der Waals surface area contributed by atoms with Crippen LogP contribution < -0.4 is 5.73 Å². The summed E-state index contributed by atoms with van der Waals surface area (Å²) in [7, 11) is 3.24. The summed E-state index contributed by atoms with van der Waals surface area (Å²) in [5.41, 5.74) is 6.03. The first-order chi connectivity index (χ1) is 10.8. The molecule has 2 heterocycles. The van der Waals surface area contributed by atoms with Gasteiger partial charge >= 0.3 is 0 Å². The minimum atomic E-state index is -0.727. The van der Waals surface area contributed by atoms with Crippen LogP contribution in [0.2, 0.25) is 0 Å². The quantitative estimate of drug-likeness (QED) is 0.786. The van der Waals surface area contributed by atoms with Gasteiger partial charge in [-0.05, 0) is 12.1 Å². The smallest absolute Gasteiger partial charge is 0.258 e. The highest BCUT2D eigenvalue weighted by Gasteiger charge is 2.37. The van der Waals surface area contributed by atoms with Crippen molar-refractivity contribution in [2.45, 2.75) is 13.0 Å². The second kappa shape index (κ2) is 6.64. The molecule has 0 saturated carbocycles. The zero-order chi connectivity index (χ0) is 17.1. The van der Waals surface area contributed by atoms with Crippen LogP contribution in [0.15, 0.2) is 18.3 Å². The zero-order valence-electron chi connectivity index (χ0n) is 13.5. The summed E-state index contributed by atoms with van der Waals surface area (Å²) in [6, 6.07) is 2.48. The predicted molar refractivity (Wildman–Crippen MR) is 84.4 cm³/mol. The molecular formula is C15H21N5O3. The molecule has 0 bridgehead atoms. The molecule has 1 saturated heterocycles. The van der Waals surface area contributed by atoms with Gasteiger partial charge in [0.15, 0.2) is 0 Å². The molecule has 0 unspecified atom stereocenters. The number of rotatable bonds is 2. The first-order valence-corrected chi connectivity index (χ1v) is 7.31. The largest absolute Gasteiger partial charge is 0.383 e. The van der Waals surface area contributed by atoms with E-state index in [2.05, 4.69) is 4.98 Å². The number of nitrogens with two attached hydrogens (primary N) is 1. The van der Waals surface area contributed by atoms with Crippen molar-refractivity contribution in [3.05, 3.63) is 23.9 Å². The molecule has 8 nitrogen and oxygen atoms in total. The van der Waals surface area contributed by atoms with Crippen molar-refractivity contribution in [2.24, 2.45) is 0 Å². The number of piperazine rings is 1. The van der Waals surface area contributed by atoms with Crippen LogP contribution in [0.4, 0.5) is 5.82 Å². The van der Waals surface area contributed by atoms with E-state index >= 15 is 0 Å². The number of amides is 3. The minimum absolute atomic E-state index is 0.116. The highest BCUT2D eigenvalue weighted by molar-refractivity contribution is 6.01. The van der Waals surface area contributed by atoms with Gasteiger partial charge in [0.2, 0.25) is 11.8 Å². The summed E-state index contributed by atoms with van der Waals surface area (Å²) < 4.78 is 0. The average Bonchev–Trinajstić information content (AvgIpc) is 2.53. The van der Waals surface area contributed by atoms with Gasteiger partial charge < -0.3 is 20.4 Å². The van der Waals surface area contributed by atoms with E-state index in [1.807, 2.05) is 0 Å². The number of hydrogen-bond donors (Lipinski definition) is 1. The Balaban J connectivity index is 2.31. The maximum Gasteiger partial charge on any atom is 0.258 e. The molecule has 124 valence electrons. The second-order valence-corrected chi connectivity index (χ2v) is 5.65. The molecule has 1 aliphatic rings. The fourth-order valence-electron chi connectivity index (χ4n) is 2.57. The van der Waals surface area contributed by atoms with Gasteiger partial charge in [-0.15, -0.1) is 0 Å².